The van der Waals surface area contributed by atoms with Crippen molar-refractivity contribution in [1.82, 2.24) is 4.90 Å². The van der Waals surface area contributed by atoms with Gasteiger partial charge in [0.05, 0.1) is 5.56 Å². The van der Waals surface area contributed by atoms with Crippen LogP contribution in [0, 0.1) is 6.92 Å². The fourth-order valence-electron chi connectivity index (χ4n) is 1.51. The van der Waals surface area contributed by atoms with Gasteiger partial charge in [0, 0.05) is 19.0 Å². The zero-order chi connectivity index (χ0) is 13.0. The van der Waals surface area contributed by atoms with Gasteiger partial charge < -0.3 is 10.0 Å². The normalized spacial score (nSPS) is 12.2. The third-order valence-corrected chi connectivity index (χ3v) is 2.90. The van der Waals surface area contributed by atoms with Crippen LogP contribution in [0.3, 0.4) is 0 Å². The van der Waals surface area contributed by atoms with Crippen molar-refractivity contribution in [1.29, 1.82) is 0 Å². The number of amides is 1. The van der Waals surface area contributed by atoms with Crippen molar-refractivity contribution in [3.63, 3.8) is 0 Å². The molecule has 1 unspecified atom stereocenters. The SMILES string of the molecule is Cc1cccc(C(=O)N(C)CCC(C)Cl)c1O. The number of carbonyl (C=O) groups excluding carboxylic acids is 1. The molecule has 1 aromatic carbocycles. The number of phenols is 1. The van der Waals surface area contributed by atoms with E-state index >= 15 is 0 Å². The predicted molar refractivity (Wildman–Crippen MR) is 69.7 cm³/mol. The number of alkyl halides is 1. The van der Waals surface area contributed by atoms with Crippen LogP contribution in [0.2, 0.25) is 0 Å². The van der Waals surface area contributed by atoms with E-state index in [0.717, 1.165) is 6.42 Å². The fraction of sp³-hybridized carbons (Fsp3) is 0.462. The van der Waals surface area contributed by atoms with Gasteiger partial charge in [0.25, 0.3) is 5.91 Å². The second kappa shape index (κ2) is 5.92. The first-order valence-corrected chi connectivity index (χ1v) is 6.05. The molecule has 0 aliphatic rings. The summed E-state index contributed by atoms with van der Waals surface area (Å²) >= 11 is 5.84. The van der Waals surface area contributed by atoms with E-state index in [0.29, 0.717) is 17.7 Å². The van der Waals surface area contributed by atoms with Crippen molar-refractivity contribution in [2.75, 3.05) is 13.6 Å². The van der Waals surface area contributed by atoms with Crippen LogP contribution in [0.25, 0.3) is 0 Å². The lowest BCUT2D eigenvalue weighted by Gasteiger charge is -2.18. The Balaban J connectivity index is 2.78. The minimum Gasteiger partial charge on any atom is -0.507 e. The standard InChI is InChI=1S/C13H18ClNO2/c1-9-5-4-6-11(12(9)16)13(17)15(3)8-7-10(2)14/h4-6,10,16H,7-8H2,1-3H3. The first-order chi connectivity index (χ1) is 7.93. The monoisotopic (exact) mass is 255 g/mol. The first kappa shape index (κ1) is 13.8. The lowest BCUT2D eigenvalue weighted by molar-refractivity contribution is 0.0790. The Bertz CT molecular complexity index is 404. The lowest BCUT2D eigenvalue weighted by atomic mass is 10.1. The van der Waals surface area contributed by atoms with E-state index in [4.69, 9.17) is 11.6 Å². The third kappa shape index (κ3) is 3.63. The van der Waals surface area contributed by atoms with Gasteiger partial charge in [-0.1, -0.05) is 12.1 Å². The topological polar surface area (TPSA) is 40.5 Å². The highest BCUT2D eigenvalue weighted by molar-refractivity contribution is 6.20. The predicted octanol–water partition coefficient (Wildman–Crippen LogP) is 2.79. The number of para-hydroxylation sites is 1. The van der Waals surface area contributed by atoms with Gasteiger partial charge in [-0.05, 0) is 31.9 Å². The third-order valence-electron chi connectivity index (χ3n) is 2.68. The number of halogens is 1. The van der Waals surface area contributed by atoms with Crippen molar-refractivity contribution >= 4 is 17.5 Å². The molecule has 94 valence electrons. The molecule has 3 nitrogen and oxygen atoms in total. The van der Waals surface area contributed by atoms with Crippen LogP contribution in [0.15, 0.2) is 18.2 Å². The number of hydrogen-bond donors (Lipinski definition) is 1. The van der Waals surface area contributed by atoms with E-state index in [-0.39, 0.29) is 17.0 Å². The Labute approximate surface area is 107 Å². The zero-order valence-electron chi connectivity index (χ0n) is 10.4. The van der Waals surface area contributed by atoms with Crippen molar-refractivity contribution < 1.29 is 9.90 Å². The van der Waals surface area contributed by atoms with Crippen LogP contribution in [0.4, 0.5) is 0 Å². The summed E-state index contributed by atoms with van der Waals surface area (Å²) in [7, 11) is 1.71. The first-order valence-electron chi connectivity index (χ1n) is 5.61. The highest BCUT2D eigenvalue weighted by Gasteiger charge is 2.16. The van der Waals surface area contributed by atoms with Gasteiger partial charge in [0.2, 0.25) is 0 Å². The molecule has 0 aliphatic carbocycles. The quantitative estimate of drug-likeness (QED) is 0.841. The minimum atomic E-state index is -0.177. The summed E-state index contributed by atoms with van der Waals surface area (Å²) in [6.07, 6.45) is 0.733. The Morgan fingerprint density at radius 3 is 2.76 bits per heavy atom. The number of benzene rings is 1. The highest BCUT2D eigenvalue weighted by Crippen LogP contribution is 2.22. The van der Waals surface area contributed by atoms with E-state index in [9.17, 15) is 9.90 Å². The molecule has 0 bridgehead atoms. The summed E-state index contributed by atoms with van der Waals surface area (Å²) < 4.78 is 0. The molecule has 1 N–H and O–H groups in total. The van der Waals surface area contributed by atoms with Crippen molar-refractivity contribution in [3.05, 3.63) is 29.3 Å². The van der Waals surface area contributed by atoms with Gasteiger partial charge in [-0.2, -0.15) is 0 Å². The van der Waals surface area contributed by atoms with E-state index in [1.54, 1.807) is 37.1 Å². The van der Waals surface area contributed by atoms with E-state index in [1.807, 2.05) is 6.92 Å². The summed E-state index contributed by atoms with van der Waals surface area (Å²) in [6.45, 7) is 4.24. The molecule has 1 rings (SSSR count). The largest absolute Gasteiger partial charge is 0.507 e. The number of rotatable bonds is 4. The number of aromatic hydroxyl groups is 1. The summed E-state index contributed by atoms with van der Waals surface area (Å²) in [5, 5.41) is 9.86. The van der Waals surface area contributed by atoms with Gasteiger partial charge in [-0.3, -0.25) is 4.79 Å². The van der Waals surface area contributed by atoms with Crippen LogP contribution in [-0.2, 0) is 0 Å². The van der Waals surface area contributed by atoms with Crippen LogP contribution in [-0.4, -0.2) is 34.9 Å². The minimum absolute atomic E-state index is 0.0383. The van der Waals surface area contributed by atoms with Crippen molar-refractivity contribution in [3.8, 4) is 5.75 Å². The maximum absolute atomic E-state index is 12.1. The van der Waals surface area contributed by atoms with Crippen molar-refractivity contribution in [2.45, 2.75) is 25.6 Å². The Hall–Kier alpha value is -1.22. The molecule has 0 fully saturated rings. The molecule has 0 saturated carbocycles. The Morgan fingerprint density at radius 1 is 1.53 bits per heavy atom. The molecular formula is C13H18ClNO2. The average molecular weight is 256 g/mol. The second-order valence-electron chi connectivity index (χ2n) is 4.27. The smallest absolute Gasteiger partial charge is 0.257 e. The number of phenolic OH excluding ortho intramolecular Hbond substituents is 1. The molecule has 17 heavy (non-hydrogen) atoms. The Kier molecular flexibility index (Phi) is 4.82. The number of hydrogen-bond acceptors (Lipinski definition) is 2. The number of carbonyl (C=O) groups is 1. The molecule has 0 radical (unpaired) electrons. The molecule has 0 spiro atoms. The molecule has 0 heterocycles. The van der Waals surface area contributed by atoms with Gasteiger partial charge in [-0.25, -0.2) is 0 Å². The fourth-order valence-corrected chi connectivity index (χ4v) is 1.61. The van der Waals surface area contributed by atoms with Crippen LogP contribution in [0.1, 0.15) is 29.3 Å². The average Bonchev–Trinajstić information content (AvgIpc) is 2.28. The van der Waals surface area contributed by atoms with Gasteiger partial charge in [-0.15, -0.1) is 11.6 Å². The maximum Gasteiger partial charge on any atom is 0.257 e. The zero-order valence-corrected chi connectivity index (χ0v) is 11.2. The van der Waals surface area contributed by atoms with E-state index in [2.05, 4.69) is 0 Å². The van der Waals surface area contributed by atoms with Crippen molar-refractivity contribution in [2.24, 2.45) is 0 Å². The molecule has 1 aromatic rings. The Morgan fingerprint density at radius 2 is 2.18 bits per heavy atom. The van der Waals surface area contributed by atoms with Crippen LogP contribution in [0.5, 0.6) is 5.75 Å². The molecule has 0 saturated heterocycles. The van der Waals surface area contributed by atoms with E-state index in [1.165, 1.54) is 0 Å². The molecular weight excluding hydrogens is 238 g/mol. The summed E-state index contributed by atoms with van der Waals surface area (Å²) in [4.78, 5) is 13.6. The molecule has 1 amide bonds. The van der Waals surface area contributed by atoms with Gasteiger partial charge >= 0.3 is 0 Å². The lowest BCUT2D eigenvalue weighted by Crippen LogP contribution is -2.28. The molecule has 0 aromatic heterocycles. The number of aryl methyl sites for hydroxylation is 1. The summed E-state index contributed by atoms with van der Waals surface area (Å²) in [6, 6.07) is 5.17. The van der Waals surface area contributed by atoms with Gasteiger partial charge in [0.15, 0.2) is 0 Å². The number of nitrogens with zero attached hydrogens (tertiary/aromatic N) is 1. The highest BCUT2D eigenvalue weighted by atomic mass is 35.5. The molecule has 4 heteroatoms. The summed E-state index contributed by atoms with van der Waals surface area (Å²) in [5.41, 5.74) is 1.05. The summed E-state index contributed by atoms with van der Waals surface area (Å²) in [5.74, 6) is -0.119. The van der Waals surface area contributed by atoms with Crippen LogP contribution >= 0.6 is 11.6 Å². The second-order valence-corrected chi connectivity index (χ2v) is 5.01. The molecule has 0 aliphatic heterocycles. The van der Waals surface area contributed by atoms with Crippen LogP contribution < -0.4 is 0 Å². The van der Waals surface area contributed by atoms with E-state index < -0.39 is 0 Å². The molecule has 1 atom stereocenters. The maximum atomic E-state index is 12.1. The van der Waals surface area contributed by atoms with Gasteiger partial charge in [0.1, 0.15) is 5.75 Å².